The van der Waals surface area contributed by atoms with E-state index in [1.165, 1.54) is 7.11 Å². The summed E-state index contributed by atoms with van der Waals surface area (Å²) in [6.45, 7) is 6.37. The third-order valence-electron chi connectivity index (χ3n) is 2.70. The number of carbonyl (C=O) groups excluding carboxylic acids is 1. The topological polar surface area (TPSA) is 75.6 Å². The van der Waals surface area contributed by atoms with E-state index < -0.39 is 23.0 Å². The summed E-state index contributed by atoms with van der Waals surface area (Å²) in [5.74, 6) is -0.973. The SMILES string of the molecule is COC(=O)NC(C)(C)C(C)(C)C(=O)O. The highest BCUT2D eigenvalue weighted by atomic mass is 16.5. The second kappa shape index (κ2) is 3.86. The van der Waals surface area contributed by atoms with Crippen molar-refractivity contribution in [2.75, 3.05) is 7.11 Å². The highest BCUT2D eigenvalue weighted by molar-refractivity contribution is 5.77. The molecule has 5 heteroatoms. The van der Waals surface area contributed by atoms with Gasteiger partial charge in [0, 0.05) is 0 Å². The van der Waals surface area contributed by atoms with Gasteiger partial charge in [0.2, 0.25) is 0 Å². The second-order valence-corrected chi connectivity index (χ2v) is 4.17. The summed E-state index contributed by atoms with van der Waals surface area (Å²) in [6.07, 6.45) is -0.635. The van der Waals surface area contributed by atoms with Crippen LogP contribution in [0.2, 0.25) is 0 Å². The van der Waals surface area contributed by atoms with Gasteiger partial charge in [-0.2, -0.15) is 0 Å². The molecule has 0 saturated heterocycles. The van der Waals surface area contributed by atoms with E-state index in [1.54, 1.807) is 27.7 Å². The fourth-order valence-corrected chi connectivity index (χ4v) is 0.730. The van der Waals surface area contributed by atoms with Gasteiger partial charge in [-0.05, 0) is 27.7 Å². The van der Waals surface area contributed by atoms with Gasteiger partial charge in [0.25, 0.3) is 0 Å². The van der Waals surface area contributed by atoms with Gasteiger partial charge < -0.3 is 15.2 Å². The van der Waals surface area contributed by atoms with E-state index in [9.17, 15) is 9.59 Å². The van der Waals surface area contributed by atoms with Gasteiger partial charge in [0.15, 0.2) is 0 Å². The molecule has 0 fully saturated rings. The first kappa shape index (κ1) is 12.7. The van der Waals surface area contributed by atoms with Crippen LogP contribution in [0.3, 0.4) is 0 Å². The zero-order chi connectivity index (χ0) is 11.6. The minimum absolute atomic E-state index is 0.635. The molecule has 0 aromatic heterocycles. The Hall–Kier alpha value is -1.26. The molecule has 0 heterocycles. The average Bonchev–Trinajstić information content (AvgIpc) is 2.02. The zero-order valence-electron chi connectivity index (χ0n) is 9.17. The minimum atomic E-state index is -1.07. The lowest BCUT2D eigenvalue weighted by molar-refractivity contribution is -0.150. The summed E-state index contributed by atoms with van der Waals surface area (Å²) in [6, 6.07) is 0. The number of hydrogen-bond acceptors (Lipinski definition) is 3. The smallest absolute Gasteiger partial charge is 0.407 e. The van der Waals surface area contributed by atoms with Crippen molar-refractivity contribution in [3.05, 3.63) is 0 Å². The van der Waals surface area contributed by atoms with Crippen LogP contribution in [-0.2, 0) is 9.53 Å². The minimum Gasteiger partial charge on any atom is -0.481 e. The molecular formula is C9H17NO4. The molecule has 0 unspecified atom stereocenters. The number of carboxylic acid groups (broad SMARTS) is 1. The molecule has 0 aliphatic heterocycles. The van der Waals surface area contributed by atoms with Gasteiger partial charge in [-0.15, -0.1) is 0 Å². The van der Waals surface area contributed by atoms with E-state index >= 15 is 0 Å². The van der Waals surface area contributed by atoms with E-state index in [4.69, 9.17) is 5.11 Å². The fraction of sp³-hybridized carbons (Fsp3) is 0.778. The van der Waals surface area contributed by atoms with E-state index in [0.717, 1.165) is 0 Å². The maximum absolute atomic E-state index is 11.0. The predicted octanol–water partition coefficient (Wildman–Crippen LogP) is 1.23. The Bertz CT molecular complexity index is 245. The van der Waals surface area contributed by atoms with Crippen LogP contribution >= 0.6 is 0 Å². The van der Waals surface area contributed by atoms with Gasteiger partial charge in [-0.25, -0.2) is 4.79 Å². The molecule has 14 heavy (non-hydrogen) atoms. The summed E-state index contributed by atoms with van der Waals surface area (Å²) in [7, 11) is 1.24. The molecule has 0 radical (unpaired) electrons. The quantitative estimate of drug-likeness (QED) is 0.723. The standard InChI is InChI=1S/C9H17NO4/c1-8(2,6(11)12)9(3,4)10-7(13)14-5/h1-5H3,(H,10,13)(H,11,12). The highest BCUT2D eigenvalue weighted by Gasteiger charge is 2.44. The number of carboxylic acids is 1. The maximum atomic E-state index is 11.0. The first-order valence-electron chi connectivity index (χ1n) is 4.24. The Kier molecular flexibility index (Phi) is 3.51. The Morgan fingerprint density at radius 1 is 1.21 bits per heavy atom. The summed E-state index contributed by atoms with van der Waals surface area (Å²) >= 11 is 0. The molecule has 0 aliphatic rings. The first-order valence-corrected chi connectivity index (χ1v) is 4.24. The fourth-order valence-electron chi connectivity index (χ4n) is 0.730. The molecule has 0 rings (SSSR count). The van der Waals surface area contributed by atoms with Crippen LogP contribution in [0.4, 0.5) is 4.79 Å². The first-order chi connectivity index (χ1) is 6.15. The largest absolute Gasteiger partial charge is 0.481 e. The van der Waals surface area contributed by atoms with Gasteiger partial charge >= 0.3 is 12.1 Å². The number of alkyl carbamates (subject to hydrolysis) is 1. The molecular weight excluding hydrogens is 186 g/mol. The number of amides is 1. The van der Waals surface area contributed by atoms with Crippen LogP contribution in [0.1, 0.15) is 27.7 Å². The van der Waals surface area contributed by atoms with Crippen LogP contribution in [0.15, 0.2) is 0 Å². The molecule has 0 aromatic carbocycles. The zero-order valence-corrected chi connectivity index (χ0v) is 9.17. The van der Waals surface area contributed by atoms with Crippen molar-refractivity contribution in [2.45, 2.75) is 33.2 Å². The third-order valence-corrected chi connectivity index (χ3v) is 2.70. The number of ether oxygens (including phenoxy) is 1. The number of methoxy groups -OCH3 is 1. The number of aliphatic carboxylic acids is 1. The molecule has 0 bridgehead atoms. The van der Waals surface area contributed by atoms with E-state index in [0.29, 0.717) is 0 Å². The van der Waals surface area contributed by atoms with Crippen molar-refractivity contribution in [2.24, 2.45) is 5.41 Å². The lowest BCUT2D eigenvalue weighted by atomic mass is 9.74. The van der Waals surface area contributed by atoms with Crippen molar-refractivity contribution in [3.8, 4) is 0 Å². The van der Waals surface area contributed by atoms with Crippen molar-refractivity contribution < 1.29 is 19.4 Å². The number of hydrogen-bond donors (Lipinski definition) is 2. The molecule has 0 aromatic rings. The Balaban J connectivity index is 4.77. The molecule has 0 aliphatic carbocycles. The third kappa shape index (κ3) is 2.37. The van der Waals surface area contributed by atoms with Gasteiger partial charge in [-0.1, -0.05) is 0 Å². The van der Waals surface area contributed by atoms with Crippen molar-refractivity contribution >= 4 is 12.1 Å². The van der Waals surface area contributed by atoms with E-state index in [2.05, 4.69) is 10.1 Å². The van der Waals surface area contributed by atoms with Crippen LogP contribution in [0.25, 0.3) is 0 Å². The lowest BCUT2D eigenvalue weighted by Gasteiger charge is -2.38. The summed E-state index contributed by atoms with van der Waals surface area (Å²) in [4.78, 5) is 21.9. The van der Waals surface area contributed by atoms with Crippen LogP contribution < -0.4 is 5.32 Å². The van der Waals surface area contributed by atoms with Gasteiger partial charge in [0.1, 0.15) is 0 Å². The van der Waals surface area contributed by atoms with E-state index in [1.807, 2.05) is 0 Å². The Labute approximate surface area is 83.4 Å². The molecule has 2 N–H and O–H groups in total. The maximum Gasteiger partial charge on any atom is 0.407 e. The number of nitrogens with one attached hydrogen (secondary N) is 1. The number of rotatable bonds is 3. The van der Waals surface area contributed by atoms with Crippen molar-refractivity contribution in [1.29, 1.82) is 0 Å². The van der Waals surface area contributed by atoms with Gasteiger partial charge in [0.05, 0.1) is 18.1 Å². The molecule has 5 nitrogen and oxygen atoms in total. The van der Waals surface area contributed by atoms with Crippen LogP contribution in [0.5, 0.6) is 0 Å². The summed E-state index contributed by atoms with van der Waals surface area (Å²) < 4.78 is 4.42. The lowest BCUT2D eigenvalue weighted by Crippen LogP contribution is -2.56. The molecule has 0 saturated carbocycles. The summed E-state index contributed by atoms with van der Waals surface area (Å²) in [5, 5.41) is 11.5. The molecule has 0 spiro atoms. The van der Waals surface area contributed by atoms with Crippen molar-refractivity contribution in [1.82, 2.24) is 5.32 Å². The molecule has 1 amide bonds. The normalized spacial score (nSPS) is 12.1. The van der Waals surface area contributed by atoms with E-state index in [-0.39, 0.29) is 0 Å². The van der Waals surface area contributed by atoms with Gasteiger partial charge in [-0.3, -0.25) is 4.79 Å². The molecule has 0 atom stereocenters. The molecule has 82 valence electrons. The monoisotopic (exact) mass is 203 g/mol. The van der Waals surface area contributed by atoms with Crippen molar-refractivity contribution in [3.63, 3.8) is 0 Å². The predicted molar refractivity (Wildman–Crippen MR) is 51.0 cm³/mol. The van der Waals surface area contributed by atoms with Crippen LogP contribution in [0, 0.1) is 5.41 Å². The average molecular weight is 203 g/mol. The number of carbonyl (C=O) groups is 2. The summed E-state index contributed by atoms with van der Waals surface area (Å²) in [5.41, 5.74) is -1.95. The second-order valence-electron chi connectivity index (χ2n) is 4.17. The Morgan fingerprint density at radius 3 is 1.93 bits per heavy atom. The highest BCUT2D eigenvalue weighted by Crippen LogP contribution is 2.30. The van der Waals surface area contributed by atoms with Crippen LogP contribution in [-0.4, -0.2) is 29.8 Å². The Morgan fingerprint density at radius 2 is 1.64 bits per heavy atom.